The SMILES string of the molecule is C[C@@H]1CC[C@H]2[C@H](C)C(=O)O[C@@H]3O[C@@]4(C)CC[C@@H]1C32OO4. The minimum atomic E-state index is -0.793. The van der Waals surface area contributed by atoms with Crippen molar-refractivity contribution in [3.05, 3.63) is 0 Å². The largest absolute Gasteiger partial charge is 0.432 e. The Morgan fingerprint density at radius 2 is 1.90 bits per heavy atom. The van der Waals surface area contributed by atoms with Gasteiger partial charge in [-0.15, -0.1) is 0 Å². The third-order valence-corrected chi connectivity index (χ3v) is 5.97. The molecule has 20 heavy (non-hydrogen) atoms. The molecule has 4 heterocycles. The fourth-order valence-corrected chi connectivity index (χ4v) is 4.76. The van der Waals surface area contributed by atoms with E-state index in [1.165, 1.54) is 0 Å². The zero-order valence-electron chi connectivity index (χ0n) is 12.3. The van der Waals surface area contributed by atoms with Gasteiger partial charge in [-0.3, -0.25) is 4.79 Å². The first-order valence-electron chi connectivity index (χ1n) is 7.71. The van der Waals surface area contributed by atoms with Crippen LogP contribution >= 0.6 is 0 Å². The number of hydrogen-bond acceptors (Lipinski definition) is 5. The fourth-order valence-electron chi connectivity index (χ4n) is 4.76. The Morgan fingerprint density at radius 1 is 1.10 bits per heavy atom. The monoisotopic (exact) mass is 282 g/mol. The molecular formula is C15H22O5. The topological polar surface area (TPSA) is 54.0 Å². The first-order chi connectivity index (χ1) is 9.46. The molecule has 0 aromatic rings. The van der Waals surface area contributed by atoms with Crippen molar-refractivity contribution in [2.45, 2.75) is 64.1 Å². The predicted molar refractivity (Wildman–Crippen MR) is 68.0 cm³/mol. The lowest BCUT2D eigenvalue weighted by Gasteiger charge is -2.57. The number of fused-ring (bicyclic) bond motifs is 2. The lowest BCUT2D eigenvalue weighted by molar-refractivity contribution is -0.559. The van der Waals surface area contributed by atoms with Crippen LogP contribution in [0.3, 0.4) is 0 Å². The Labute approximate surface area is 118 Å². The summed E-state index contributed by atoms with van der Waals surface area (Å²) < 4.78 is 11.6. The molecule has 5 heteroatoms. The Hall–Kier alpha value is -0.650. The molecule has 4 saturated heterocycles. The smallest absolute Gasteiger partial charge is 0.311 e. The van der Waals surface area contributed by atoms with Crippen LogP contribution in [-0.2, 0) is 24.0 Å². The minimum absolute atomic E-state index is 0.123. The second kappa shape index (κ2) is 3.96. The van der Waals surface area contributed by atoms with E-state index in [2.05, 4.69) is 6.92 Å². The highest BCUT2D eigenvalue weighted by atomic mass is 17.3. The number of carbonyl (C=O) groups excluding carboxylic acids is 1. The maximum atomic E-state index is 12.1. The molecule has 1 aliphatic carbocycles. The van der Waals surface area contributed by atoms with Crippen molar-refractivity contribution < 1.29 is 24.0 Å². The number of hydrogen-bond donors (Lipinski definition) is 0. The van der Waals surface area contributed by atoms with E-state index < -0.39 is 17.7 Å². The summed E-state index contributed by atoms with van der Waals surface area (Å²) in [6.45, 7) is 6.06. The Balaban J connectivity index is 1.84. The van der Waals surface area contributed by atoms with E-state index in [1.807, 2.05) is 13.8 Å². The summed E-state index contributed by atoms with van der Waals surface area (Å²) in [6.07, 6.45) is 3.24. The summed E-state index contributed by atoms with van der Waals surface area (Å²) in [5.74, 6) is -0.137. The first-order valence-corrected chi connectivity index (χ1v) is 7.71. The zero-order valence-corrected chi connectivity index (χ0v) is 12.3. The summed E-state index contributed by atoms with van der Waals surface area (Å²) in [5, 5.41) is 0. The molecule has 0 radical (unpaired) electrons. The Kier molecular flexibility index (Phi) is 2.58. The van der Waals surface area contributed by atoms with Crippen molar-refractivity contribution in [1.29, 1.82) is 0 Å². The molecule has 5 aliphatic rings. The Bertz CT molecular complexity index is 452. The van der Waals surface area contributed by atoms with Gasteiger partial charge in [0.1, 0.15) is 0 Å². The van der Waals surface area contributed by atoms with Crippen LogP contribution in [0, 0.1) is 23.7 Å². The highest BCUT2D eigenvalue weighted by Gasteiger charge is 2.69. The molecule has 5 nitrogen and oxygen atoms in total. The van der Waals surface area contributed by atoms with Crippen molar-refractivity contribution in [1.82, 2.24) is 0 Å². The molecule has 1 saturated carbocycles. The molecule has 112 valence electrons. The van der Waals surface area contributed by atoms with E-state index >= 15 is 0 Å². The van der Waals surface area contributed by atoms with Crippen LogP contribution in [0.4, 0.5) is 0 Å². The van der Waals surface area contributed by atoms with Crippen LogP contribution in [-0.4, -0.2) is 23.6 Å². The van der Waals surface area contributed by atoms with Crippen molar-refractivity contribution in [2.24, 2.45) is 23.7 Å². The molecule has 1 spiro atoms. The first kappa shape index (κ1) is 13.0. The molecule has 0 aromatic carbocycles. The van der Waals surface area contributed by atoms with E-state index in [4.69, 9.17) is 19.2 Å². The molecule has 1 unspecified atom stereocenters. The maximum Gasteiger partial charge on any atom is 0.311 e. The molecule has 0 amide bonds. The third-order valence-electron chi connectivity index (χ3n) is 5.97. The van der Waals surface area contributed by atoms with Gasteiger partial charge in [0.15, 0.2) is 5.60 Å². The van der Waals surface area contributed by atoms with E-state index in [0.29, 0.717) is 11.8 Å². The van der Waals surface area contributed by atoms with E-state index in [1.54, 1.807) is 0 Å². The van der Waals surface area contributed by atoms with Crippen LogP contribution in [0.1, 0.15) is 46.5 Å². The maximum absolute atomic E-state index is 12.1. The zero-order chi connectivity index (χ0) is 14.1. The van der Waals surface area contributed by atoms with Crippen LogP contribution in [0.5, 0.6) is 0 Å². The molecule has 0 aromatic heterocycles. The number of carbonyl (C=O) groups is 1. The van der Waals surface area contributed by atoms with Gasteiger partial charge in [0.2, 0.25) is 12.1 Å². The van der Waals surface area contributed by atoms with Crippen molar-refractivity contribution >= 4 is 5.97 Å². The molecule has 0 N–H and O–H groups in total. The summed E-state index contributed by atoms with van der Waals surface area (Å²) in [7, 11) is 0. The Morgan fingerprint density at radius 3 is 2.70 bits per heavy atom. The molecular weight excluding hydrogens is 260 g/mol. The van der Waals surface area contributed by atoms with E-state index in [-0.39, 0.29) is 17.8 Å². The fraction of sp³-hybridized carbons (Fsp3) is 0.933. The lowest BCUT2D eigenvalue weighted by atomic mass is 9.58. The normalized spacial score (nSPS) is 57.8. The van der Waals surface area contributed by atoms with Gasteiger partial charge in [-0.05, 0) is 32.1 Å². The predicted octanol–water partition coefficient (Wildman–Crippen LogP) is 2.39. The average molecular weight is 282 g/mol. The summed E-state index contributed by atoms with van der Waals surface area (Å²) in [6, 6.07) is 0. The van der Waals surface area contributed by atoms with E-state index in [0.717, 1.165) is 25.7 Å². The van der Waals surface area contributed by atoms with Gasteiger partial charge in [0.25, 0.3) is 0 Å². The number of esters is 1. The average Bonchev–Trinajstić information content (AvgIpc) is 2.63. The van der Waals surface area contributed by atoms with Crippen LogP contribution in [0.25, 0.3) is 0 Å². The molecule has 2 bridgehead atoms. The standard InChI is InChI=1S/C15H22O5/c1-8-4-5-11-9(2)12(16)17-13-15(11)10(8)6-7-14(3,18-13)19-20-15/h8-11,13H,4-7H2,1-3H3/t8-,9+,10+,11+,13-,14-,15?/m1/s1. The van der Waals surface area contributed by atoms with Gasteiger partial charge in [-0.2, -0.15) is 0 Å². The van der Waals surface area contributed by atoms with Crippen LogP contribution < -0.4 is 0 Å². The van der Waals surface area contributed by atoms with Crippen LogP contribution in [0.15, 0.2) is 0 Å². The third kappa shape index (κ3) is 1.46. The van der Waals surface area contributed by atoms with Gasteiger partial charge in [-0.1, -0.05) is 13.8 Å². The van der Waals surface area contributed by atoms with Crippen LogP contribution in [0.2, 0.25) is 0 Å². The number of rotatable bonds is 0. The van der Waals surface area contributed by atoms with Gasteiger partial charge in [0.05, 0.1) is 5.92 Å². The second-order valence-corrected chi connectivity index (χ2v) is 7.14. The molecule has 4 aliphatic heterocycles. The van der Waals surface area contributed by atoms with Crippen molar-refractivity contribution in [3.63, 3.8) is 0 Å². The van der Waals surface area contributed by atoms with Gasteiger partial charge >= 0.3 is 5.97 Å². The minimum Gasteiger partial charge on any atom is -0.432 e. The van der Waals surface area contributed by atoms with Gasteiger partial charge < -0.3 is 9.47 Å². The molecule has 7 atom stereocenters. The summed E-state index contributed by atoms with van der Waals surface area (Å²) in [4.78, 5) is 23.7. The number of ether oxygens (including phenoxy) is 2. The molecule has 5 fully saturated rings. The molecule has 5 rings (SSSR count). The van der Waals surface area contributed by atoms with Gasteiger partial charge in [0, 0.05) is 18.3 Å². The second-order valence-electron chi connectivity index (χ2n) is 7.14. The highest BCUT2D eigenvalue weighted by Crippen LogP contribution is 2.59. The summed E-state index contributed by atoms with van der Waals surface area (Å²) in [5.41, 5.74) is -0.610. The van der Waals surface area contributed by atoms with E-state index in [9.17, 15) is 4.79 Å². The summed E-state index contributed by atoms with van der Waals surface area (Å²) >= 11 is 0. The van der Waals surface area contributed by atoms with Crippen molar-refractivity contribution in [3.8, 4) is 0 Å². The highest BCUT2D eigenvalue weighted by molar-refractivity contribution is 5.74. The van der Waals surface area contributed by atoms with Crippen molar-refractivity contribution in [2.75, 3.05) is 0 Å². The van der Waals surface area contributed by atoms with Gasteiger partial charge in [-0.25, -0.2) is 9.78 Å². The lowest BCUT2D eigenvalue weighted by Crippen LogP contribution is -2.69. The quantitative estimate of drug-likeness (QED) is 0.504.